The number of aryl methyl sites for hydroxylation is 1. The Morgan fingerprint density at radius 1 is 1.33 bits per heavy atom. The lowest BCUT2D eigenvalue weighted by Gasteiger charge is -2.44. The summed E-state index contributed by atoms with van der Waals surface area (Å²) < 4.78 is 15.8. The van der Waals surface area contributed by atoms with Crippen molar-refractivity contribution >= 4 is 5.91 Å². The van der Waals surface area contributed by atoms with E-state index in [0.29, 0.717) is 17.8 Å². The molecule has 0 aliphatic carbocycles. The van der Waals surface area contributed by atoms with E-state index in [4.69, 9.17) is 14.0 Å². The summed E-state index contributed by atoms with van der Waals surface area (Å²) >= 11 is 0. The highest BCUT2D eigenvalue weighted by Crippen LogP contribution is 2.19. The minimum absolute atomic E-state index is 0.0189. The molecule has 1 aromatic heterocycles. The molecule has 0 bridgehead atoms. The molecule has 2 saturated heterocycles. The predicted molar refractivity (Wildman–Crippen MR) is 85.3 cm³/mol. The van der Waals surface area contributed by atoms with E-state index >= 15 is 0 Å². The molecular weight excluding hydrogens is 312 g/mol. The maximum absolute atomic E-state index is 12.4. The van der Waals surface area contributed by atoms with Gasteiger partial charge in [0.25, 0.3) is 5.89 Å². The zero-order valence-corrected chi connectivity index (χ0v) is 14.4. The smallest absolute Gasteiger partial charge is 0.252 e. The van der Waals surface area contributed by atoms with Crippen LogP contribution in [0.2, 0.25) is 0 Å². The summed E-state index contributed by atoms with van der Waals surface area (Å²) in [6, 6.07) is 0.791. The molecule has 1 amide bonds. The zero-order valence-electron chi connectivity index (χ0n) is 14.4. The average molecular weight is 338 g/mol. The molecule has 0 spiro atoms. The molecule has 2 aliphatic heterocycles. The van der Waals surface area contributed by atoms with Crippen molar-refractivity contribution in [3.63, 3.8) is 0 Å². The van der Waals surface area contributed by atoms with Crippen molar-refractivity contribution in [3.05, 3.63) is 11.7 Å². The quantitative estimate of drug-likeness (QED) is 0.778. The van der Waals surface area contributed by atoms with Crippen LogP contribution in [0, 0.1) is 6.92 Å². The molecule has 0 saturated carbocycles. The summed E-state index contributed by atoms with van der Waals surface area (Å²) in [6.07, 6.45) is 2.18. The predicted octanol–water partition coefficient (Wildman–Crippen LogP) is 0.606. The number of amides is 1. The van der Waals surface area contributed by atoms with Gasteiger partial charge in [0.2, 0.25) is 5.91 Å². The second kappa shape index (κ2) is 8.04. The third-order valence-electron chi connectivity index (χ3n) is 4.71. The third-order valence-corrected chi connectivity index (χ3v) is 4.71. The SMILES string of the molecule is Cc1noc(COCC(=O)N2CCN(C3CCOCC3)C[C@@H]2C)n1. The maximum atomic E-state index is 12.4. The van der Waals surface area contributed by atoms with E-state index in [1.807, 2.05) is 4.90 Å². The molecular formula is C16H26N4O4. The van der Waals surface area contributed by atoms with E-state index in [1.54, 1.807) is 6.92 Å². The molecule has 0 aromatic carbocycles. The van der Waals surface area contributed by atoms with Crippen molar-refractivity contribution in [1.82, 2.24) is 19.9 Å². The van der Waals surface area contributed by atoms with Crippen LogP contribution < -0.4 is 0 Å². The lowest BCUT2D eigenvalue weighted by Crippen LogP contribution is -2.57. The van der Waals surface area contributed by atoms with Crippen LogP contribution in [0.3, 0.4) is 0 Å². The first-order chi connectivity index (χ1) is 11.6. The van der Waals surface area contributed by atoms with Crippen LogP contribution in [0.1, 0.15) is 31.5 Å². The van der Waals surface area contributed by atoms with Gasteiger partial charge in [-0.15, -0.1) is 0 Å². The lowest BCUT2D eigenvalue weighted by molar-refractivity contribution is -0.142. The van der Waals surface area contributed by atoms with E-state index in [-0.39, 0.29) is 25.2 Å². The molecule has 24 heavy (non-hydrogen) atoms. The summed E-state index contributed by atoms with van der Waals surface area (Å²) in [7, 11) is 0. The third kappa shape index (κ3) is 4.31. The molecule has 134 valence electrons. The van der Waals surface area contributed by atoms with Gasteiger partial charge in [0.05, 0.1) is 0 Å². The number of rotatable bonds is 5. The number of hydrogen-bond donors (Lipinski definition) is 0. The minimum atomic E-state index is 0.0189. The fourth-order valence-corrected chi connectivity index (χ4v) is 3.45. The van der Waals surface area contributed by atoms with Crippen molar-refractivity contribution in [1.29, 1.82) is 0 Å². The van der Waals surface area contributed by atoms with Gasteiger partial charge >= 0.3 is 0 Å². The van der Waals surface area contributed by atoms with Crippen molar-refractivity contribution in [2.75, 3.05) is 39.5 Å². The second-order valence-corrected chi connectivity index (χ2v) is 6.50. The Morgan fingerprint density at radius 2 is 2.12 bits per heavy atom. The summed E-state index contributed by atoms with van der Waals surface area (Å²) in [5.41, 5.74) is 0. The molecule has 8 heteroatoms. The highest BCUT2D eigenvalue weighted by Gasteiger charge is 2.31. The largest absolute Gasteiger partial charge is 0.381 e. The Morgan fingerprint density at radius 3 is 2.79 bits per heavy atom. The van der Waals surface area contributed by atoms with Gasteiger partial charge in [-0.25, -0.2) is 0 Å². The van der Waals surface area contributed by atoms with Gasteiger partial charge in [0.1, 0.15) is 13.2 Å². The monoisotopic (exact) mass is 338 g/mol. The zero-order chi connectivity index (χ0) is 16.9. The van der Waals surface area contributed by atoms with Crippen LogP contribution in [-0.4, -0.2) is 77.4 Å². The van der Waals surface area contributed by atoms with Crippen molar-refractivity contribution in [3.8, 4) is 0 Å². The first-order valence-electron chi connectivity index (χ1n) is 8.61. The highest BCUT2D eigenvalue weighted by atomic mass is 16.5. The van der Waals surface area contributed by atoms with Gasteiger partial charge in [0.15, 0.2) is 5.82 Å². The molecule has 1 aromatic rings. The number of carbonyl (C=O) groups is 1. The van der Waals surface area contributed by atoms with Crippen LogP contribution in [0.15, 0.2) is 4.52 Å². The lowest BCUT2D eigenvalue weighted by atomic mass is 10.0. The maximum Gasteiger partial charge on any atom is 0.252 e. The molecule has 0 unspecified atom stereocenters. The second-order valence-electron chi connectivity index (χ2n) is 6.50. The standard InChI is InChI=1S/C16H26N4O4/c1-12-9-19(14-3-7-22-8-4-14)5-6-20(12)16(21)11-23-10-15-17-13(2)18-24-15/h12,14H,3-11H2,1-2H3/t12-/m0/s1. The molecule has 3 heterocycles. The number of ether oxygens (including phenoxy) is 2. The first-order valence-corrected chi connectivity index (χ1v) is 8.61. The summed E-state index contributed by atoms with van der Waals surface area (Å²) in [6.45, 7) is 8.35. The van der Waals surface area contributed by atoms with Crippen LogP contribution in [0.5, 0.6) is 0 Å². The number of aromatic nitrogens is 2. The Balaban J connectivity index is 1.42. The minimum Gasteiger partial charge on any atom is -0.381 e. The number of hydrogen-bond acceptors (Lipinski definition) is 7. The van der Waals surface area contributed by atoms with E-state index in [0.717, 1.165) is 45.7 Å². The molecule has 0 N–H and O–H groups in total. The summed E-state index contributed by atoms with van der Waals surface area (Å²) in [5, 5.41) is 3.69. The summed E-state index contributed by atoms with van der Waals surface area (Å²) in [5.74, 6) is 0.987. The molecule has 2 fully saturated rings. The van der Waals surface area contributed by atoms with E-state index in [1.165, 1.54) is 0 Å². The van der Waals surface area contributed by atoms with Gasteiger partial charge in [0, 0.05) is 44.9 Å². The summed E-state index contributed by atoms with van der Waals surface area (Å²) in [4.78, 5) is 20.8. The van der Waals surface area contributed by atoms with E-state index in [2.05, 4.69) is 22.0 Å². The van der Waals surface area contributed by atoms with Gasteiger partial charge in [-0.1, -0.05) is 5.16 Å². The topological polar surface area (TPSA) is 80.9 Å². The Bertz CT molecular complexity index is 544. The Hall–Kier alpha value is -1.51. The van der Waals surface area contributed by atoms with Crippen molar-refractivity contribution < 1.29 is 18.8 Å². The molecule has 2 aliphatic rings. The molecule has 1 atom stereocenters. The average Bonchev–Trinajstić information content (AvgIpc) is 3.00. The van der Waals surface area contributed by atoms with Gasteiger partial charge in [-0.05, 0) is 26.7 Å². The van der Waals surface area contributed by atoms with Crippen molar-refractivity contribution in [2.24, 2.45) is 0 Å². The van der Waals surface area contributed by atoms with Crippen LogP contribution in [0.4, 0.5) is 0 Å². The number of piperazine rings is 1. The Kier molecular flexibility index (Phi) is 5.80. The number of carbonyl (C=O) groups excluding carboxylic acids is 1. The van der Waals surface area contributed by atoms with Gasteiger partial charge in [-0.2, -0.15) is 4.98 Å². The van der Waals surface area contributed by atoms with Crippen LogP contribution in [-0.2, 0) is 20.9 Å². The van der Waals surface area contributed by atoms with Crippen LogP contribution >= 0.6 is 0 Å². The van der Waals surface area contributed by atoms with Gasteiger partial charge in [-0.3, -0.25) is 9.69 Å². The fourth-order valence-electron chi connectivity index (χ4n) is 3.45. The molecule has 8 nitrogen and oxygen atoms in total. The fraction of sp³-hybridized carbons (Fsp3) is 0.812. The van der Waals surface area contributed by atoms with Crippen molar-refractivity contribution in [2.45, 2.75) is 45.4 Å². The van der Waals surface area contributed by atoms with E-state index < -0.39 is 0 Å². The number of nitrogens with zero attached hydrogens (tertiary/aromatic N) is 4. The normalized spacial score (nSPS) is 23.6. The molecule has 0 radical (unpaired) electrons. The highest BCUT2D eigenvalue weighted by molar-refractivity contribution is 5.77. The first kappa shape index (κ1) is 17.3. The van der Waals surface area contributed by atoms with Gasteiger partial charge < -0.3 is 18.9 Å². The van der Waals surface area contributed by atoms with E-state index in [9.17, 15) is 4.79 Å². The van der Waals surface area contributed by atoms with Crippen LogP contribution in [0.25, 0.3) is 0 Å². The molecule has 3 rings (SSSR count). The Labute approximate surface area is 142 Å².